The zero-order chi connectivity index (χ0) is 24.9. The Labute approximate surface area is 207 Å². The first-order valence-electron chi connectivity index (χ1n) is 11.2. The molecule has 1 atom stereocenters. The van der Waals surface area contributed by atoms with Crippen molar-refractivity contribution in [2.24, 2.45) is 0 Å². The summed E-state index contributed by atoms with van der Waals surface area (Å²) in [7, 11) is -3.89. The summed E-state index contributed by atoms with van der Waals surface area (Å²) in [4.78, 5) is 13.1. The molecule has 0 heterocycles. The molecule has 3 rings (SSSR count). The predicted molar refractivity (Wildman–Crippen MR) is 138 cm³/mol. The van der Waals surface area contributed by atoms with Gasteiger partial charge in [-0.15, -0.1) is 0 Å². The van der Waals surface area contributed by atoms with E-state index in [1.54, 1.807) is 0 Å². The van der Waals surface area contributed by atoms with E-state index in [4.69, 9.17) is 11.6 Å². The minimum Gasteiger partial charge on any atom is -0.348 e. The molecule has 0 aliphatic rings. The Kier molecular flexibility index (Phi) is 8.52. The third kappa shape index (κ3) is 6.47. The number of hydrogen-bond acceptors (Lipinski definition) is 3. The number of benzene rings is 3. The van der Waals surface area contributed by atoms with E-state index in [0.717, 1.165) is 22.3 Å². The van der Waals surface area contributed by atoms with Crippen molar-refractivity contribution in [2.75, 3.05) is 13.1 Å². The summed E-state index contributed by atoms with van der Waals surface area (Å²) in [6.07, 6.45) is 0.493. The molecule has 1 N–H and O–H groups in total. The Morgan fingerprint density at radius 3 is 2.21 bits per heavy atom. The second kappa shape index (κ2) is 11.2. The molecule has 1 unspecified atom stereocenters. The van der Waals surface area contributed by atoms with Crippen molar-refractivity contribution >= 4 is 27.5 Å². The number of amides is 1. The topological polar surface area (TPSA) is 66.5 Å². The number of sulfonamides is 1. The van der Waals surface area contributed by atoms with E-state index in [2.05, 4.69) is 24.4 Å². The van der Waals surface area contributed by atoms with E-state index in [1.165, 1.54) is 34.1 Å². The van der Waals surface area contributed by atoms with Crippen molar-refractivity contribution in [1.82, 2.24) is 9.62 Å². The highest BCUT2D eigenvalue weighted by molar-refractivity contribution is 7.89. The molecule has 34 heavy (non-hydrogen) atoms. The smallest absolute Gasteiger partial charge is 0.243 e. The Morgan fingerprint density at radius 2 is 1.56 bits per heavy atom. The van der Waals surface area contributed by atoms with Crippen LogP contribution in [0.25, 0.3) is 0 Å². The largest absolute Gasteiger partial charge is 0.348 e. The molecule has 7 heteroatoms. The lowest BCUT2D eigenvalue weighted by Crippen LogP contribution is -2.42. The van der Waals surface area contributed by atoms with Gasteiger partial charge in [-0.05, 0) is 86.2 Å². The lowest BCUT2D eigenvalue weighted by atomic mass is 9.96. The molecule has 5 nitrogen and oxygen atoms in total. The van der Waals surface area contributed by atoms with E-state index in [9.17, 15) is 13.2 Å². The van der Waals surface area contributed by atoms with Crippen molar-refractivity contribution in [3.63, 3.8) is 0 Å². The number of carbonyl (C=O) groups is 1. The molecule has 0 fully saturated rings. The van der Waals surface area contributed by atoms with E-state index >= 15 is 0 Å². The number of rotatable bonds is 9. The number of aryl methyl sites for hydroxylation is 3. The number of hydrogen-bond donors (Lipinski definition) is 1. The fraction of sp³-hybridized carbons (Fsp3) is 0.296. The van der Waals surface area contributed by atoms with Crippen LogP contribution in [-0.2, 0) is 21.2 Å². The molecule has 3 aromatic carbocycles. The van der Waals surface area contributed by atoms with Crippen molar-refractivity contribution < 1.29 is 13.2 Å². The lowest BCUT2D eigenvalue weighted by molar-refractivity contribution is -0.121. The van der Waals surface area contributed by atoms with Crippen LogP contribution in [0.1, 0.15) is 40.8 Å². The van der Waals surface area contributed by atoms with E-state index in [1.807, 2.05) is 51.1 Å². The quantitative estimate of drug-likeness (QED) is 0.431. The zero-order valence-electron chi connectivity index (χ0n) is 20.0. The molecule has 0 radical (unpaired) electrons. The number of nitrogens with zero attached hydrogens (tertiary/aromatic N) is 1. The molecule has 0 saturated heterocycles. The molecule has 0 aliphatic heterocycles. The Bertz CT molecular complexity index is 1240. The summed E-state index contributed by atoms with van der Waals surface area (Å²) in [6, 6.07) is 19.5. The van der Waals surface area contributed by atoms with Gasteiger partial charge in [-0.3, -0.25) is 4.79 Å². The normalized spacial score (nSPS) is 12.5. The van der Waals surface area contributed by atoms with E-state index in [-0.39, 0.29) is 29.9 Å². The van der Waals surface area contributed by atoms with Gasteiger partial charge in [0.05, 0.1) is 17.5 Å². The molecule has 180 valence electrons. The van der Waals surface area contributed by atoms with Crippen molar-refractivity contribution in [1.29, 1.82) is 0 Å². The maximum atomic E-state index is 13.4. The van der Waals surface area contributed by atoms with Crippen LogP contribution in [0.4, 0.5) is 0 Å². The molecular formula is C27H31ClN2O3S. The minimum absolute atomic E-state index is 0.107. The number of carbonyl (C=O) groups excluding carboxylic acids is 1. The Balaban J connectivity index is 1.80. The van der Waals surface area contributed by atoms with Crippen molar-refractivity contribution in [2.45, 2.75) is 45.1 Å². The highest BCUT2D eigenvalue weighted by atomic mass is 35.5. The molecule has 0 saturated carbocycles. The highest BCUT2D eigenvalue weighted by Crippen LogP contribution is 2.22. The molecule has 0 aliphatic carbocycles. The maximum Gasteiger partial charge on any atom is 0.243 e. The van der Waals surface area contributed by atoms with Crippen LogP contribution in [0.15, 0.2) is 71.6 Å². The zero-order valence-corrected chi connectivity index (χ0v) is 21.6. The van der Waals surface area contributed by atoms with Crippen LogP contribution in [0, 0.1) is 20.8 Å². The van der Waals surface area contributed by atoms with Crippen LogP contribution >= 0.6 is 11.6 Å². The van der Waals surface area contributed by atoms with Gasteiger partial charge in [0.2, 0.25) is 15.9 Å². The Morgan fingerprint density at radius 1 is 0.941 bits per heavy atom. The first kappa shape index (κ1) is 25.9. The molecular weight excluding hydrogens is 468 g/mol. The molecule has 3 aromatic rings. The van der Waals surface area contributed by atoms with Crippen LogP contribution in [-0.4, -0.2) is 31.7 Å². The first-order chi connectivity index (χ1) is 16.1. The minimum atomic E-state index is -3.89. The van der Waals surface area contributed by atoms with Crippen LogP contribution in [0.2, 0.25) is 5.02 Å². The molecule has 0 bridgehead atoms. The summed E-state index contributed by atoms with van der Waals surface area (Å²) in [6.45, 7) is 7.93. The van der Waals surface area contributed by atoms with Crippen molar-refractivity contribution in [3.8, 4) is 0 Å². The summed E-state index contributed by atoms with van der Waals surface area (Å²) in [5.74, 6) is -0.351. The molecule has 0 aromatic heterocycles. The van der Waals surface area contributed by atoms with Gasteiger partial charge in [0.1, 0.15) is 0 Å². The fourth-order valence-corrected chi connectivity index (χ4v) is 5.44. The van der Waals surface area contributed by atoms with Gasteiger partial charge in [0, 0.05) is 11.6 Å². The SMILES string of the molecule is Cc1cc(C)c(C(C)NC(=O)CN(CCc2ccccc2)S(=O)(=O)c2ccc(Cl)cc2)cc1C. The summed E-state index contributed by atoms with van der Waals surface area (Å²) in [5, 5.41) is 3.43. The van der Waals surface area contributed by atoms with Gasteiger partial charge < -0.3 is 5.32 Å². The van der Waals surface area contributed by atoms with Crippen LogP contribution in [0.5, 0.6) is 0 Å². The third-order valence-electron chi connectivity index (χ3n) is 5.99. The predicted octanol–water partition coefficient (Wildman–Crippen LogP) is 5.38. The van der Waals surface area contributed by atoms with Gasteiger partial charge in [-0.1, -0.05) is 54.1 Å². The van der Waals surface area contributed by atoms with E-state index < -0.39 is 10.0 Å². The fourth-order valence-electron chi connectivity index (χ4n) is 3.91. The average Bonchev–Trinajstić information content (AvgIpc) is 2.79. The standard InChI is InChI=1S/C27H31ClN2O3S/c1-19-16-21(3)26(17-20(19)2)22(4)29-27(31)18-30(15-14-23-8-6-5-7-9-23)34(32,33)25-12-10-24(28)11-13-25/h5-13,16-17,22H,14-15,18H2,1-4H3,(H,29,31). The monoisotopic (exact) mass is 498 g/mol. The van der Waals surface area contributed by atoms with Gasteiger partial charge in [0.15, 0.2) is 0 Å². The van der Waals surface area contributed by atoms with Crippen LogP contribution in [0.3, 0.4) is 0 Å². The summed E-state index contributed by atoms with van der Waals surface area (Å²) >= 11 is 5.94. The third-order valence-corrected chi connectivity index (χ3v) is 8.10. The number of halogens is 1. The first-order valence-corrected chi connectivity index (χ1v) is 13.1. The second-order valence-corrected chi connectivity index (χ2v) is 11.0. The van der Waals surface area contributed by atoms with Gasteiger partial charge in [-0.25, -0.2) is 8.42 Å². The maximum absolute atomic E-state index is 13.4. The Hall–Kier alpha value is -2.67. The second-order valence-electron chi connectivity index (χ2n) is 8.61. The van der Waals surface area contributed by atoms with E-state index in [0.29, 0.717) is 11.4 Å². The highest BCUT2D eigenvalue weighted by Gasteiger charge is 2.27. The van der Waals surface area contributed by atoms with Crippen LogP contribution < -0.4 is 5.32 Å². The molecule has 1 amide bonds. The number of nitrogens with one attached hydrogen (secondary N) is 1. The molecule has 0 spiro atoms. The summed E-state index contributed by atoms with van der Waals surface area (Å²) in [5.41, 5.74) is 5.45. The van der Waals surface area contributed by atoms with Crippen molar-refractivity contribution in [3.05, 3.63) is 99.6 Å². The lowest BCUT2D eigenvalue weighted by Gasteiger charge is -2.24. The van der Waals surface area contributed by atoms with Gasteiger partial charge in [0.25, 0.3) is 0 Å². The summed E-state index contributed by atoms with van der Waals surface area (Å²) < 4.78 is 28.0. The van der Waals surface area contributed by atoms with Gasteiger partial charge in [-0.2, -0.15) is 4.31 Å². The average molecular weight is 499 g/mol. The van der Waals surface area contributed by atoms with Gasteiger partial charge >= 0.3 is 0 Å².